The maximum atomic E-state index is 12.9. The second-order valence-corrected chi connectivity index (χ2v) is 12.1. The summed E-state index contributed by atoms with van der Waals surface area (Å²) in [5, 5.41) is 9.36. The van der Waals surface area contributed by atoms with E-state index in [4.69, 9.17) is 10.8 Å². The molecule has 3 heterocycles. The number of hydrogen-bond acceptors (Lipinski definition) is 6. The van der Waals surface area contributed by atoms with Gasteiger partial charge in [0.2, 0.25) is 5.91 Å². The predicted octanol–water partition coefficient (Wildman–Crippen LogP) is 5.02. The van der Waals surface area contributed by atoms with Crippen LogP contribution in [0.4, 0.5) is 11.5 Å². The quantitative estimate of drug-likeness (QED) is 0.351. The first-order valence-electron chi connectivity index (χ1n) is 15.1. The average molecular weight is 550 g/mol. The largest absolute Gasteiger partial charge is 0.382 e. The molecule has 3 aliphatic rings. The molecule has 2 aliphatic carbocycles. The van der Waals surface area contributed by atoms with Gasteiger partial charge in [-0.3, -0.25) is 9.69 Å². The maximum Gasteiger partial charge on any atom is 0.228 e. The topological polar surface area (TPSA) is 92.3 Å². The van der Waals surface area contributed by atoms with Crippen LogP contribution >= 0.6 is 0 Å². The zero-order chi connectivity index (χ0) is 27.9. The molecular formula is C33H39N7O. The van der Waals surface area contributed by atoms with Gasteiger partial charge in [-0.15, -0.1) is 0 Å². The highest BCUT2D eigenvalue weighted by atomic mass is 16.2. The molecule has 7 rings (SSSR count). The number of amides is 1. The van der Waals surface area contributed by atoms with Crippen LogP contribution in [-0.2, 0) is 4.79 Å². The van der Waals surface area contributed by atoms with Gasteiger partial charge in [0, 0.05) is 61.3 Å². The second kappa shape index (κ2) is 10.9. The van der Waals surface area contributed by atoms with Crippen LogP contribution < -0.4 is 11.1 Å². The standard InChI is InChI=1S/C33H39N7O/c1-38-17-19-39(20-18-38)25-11-7-23(8-12-25)30-27-15-16-35-32(34)31(27)40(37-30)26-13-9-24(10-14-26)36-33(41)29-21-28(29)22-5-3-2-4-6-22/h2-6,9-10,13-16,23,25,28-29H,7-8,11-12,17-21H2,1H3,(H2,34,35)(H,36,41)/t23-,25-,28-,29+/m0/s1. The third-order valence-electron chi connectivity index (χ3n) is 9.52. The molecule has 0 bridgehead atoms. The highest BCUT2D eigenvalue weighted by Crippen LogP contribution is 2.48. The lowest BCUT2D eigenvalue weighted by molar-refractivity contribution is -0.117. The van der Waals surface area contributed by atoms with Crippen molar-refractivity contribution in [3.8, 4) is 5.69 Å². The normalized spacial score (nSPS) is 25.3. The number of benzene rings is 2. The third kappa shape index (κ3) is 5.22. The van der Waals surface area contributed by atoms with Crippen molar-refractivity contribution in [3.05, 3.63) is 78.1 Å². The number of pyridine rings is 1. The number of rotatable bonds is 6. The van der Waals surface area contributed by atoms with E-state index in [1.165, 1.54) is 44.6 Å². The Morgan fingerprint density at radius 3 is 2.39 bits per heavy atom. The number of nitrogen functional groups attached to an aromatic ring is 1. The number of likely N-dealkylation sites (N-methyl/N-ethyl adjacent to an activating group) is 1. The van der Waals surface area contributed by atoms with Crippen molar-refractivity contribution in [2.45, 2.75) is 50.0 Å². The molecule has 0 unspecified atom stereocenters. The summed E-state index contributed by atoms with van der Waals surface area (Å²) in [7, 11) is 2.22. The van der Waals surface area contributed by atoms with E-state index in [9.17, 15) is 4.79 Å². The van der Waals surface area contributed by atoms with Gasteiger partial charge >= 0.3 is 0 Å². The van der Waals surface area contributed by atoms with Crippen molar-refractivity contribution < 1.29 is 4.79 Å². The van der Waals surface area contributed by atoms with Crippen LogP contribution in [0.3, 0.4) is 0 Å². The van der Waals surface area contributed by atoms with Crippen molar-refractivity contribution in [2.75, 3.05) is 44.3 Å². The van der Waals surface area contributed by atoms with Crippen LogP contribution in [0.1, 0.15) is 55.2 Å². The van der Waals surface area contributed by atoms with Crippen LogP contribution in [-0.4, -0.2) is 69.7 Å². The summed E-state index contributed by atoms with van der Waals surface area (Å²) >= 11 is 0. The summed E-state index contributed by atoms with van der Waals surface area (Å²) in [6.07, 6.45) is 7.40. The summed E-state index contributed by atoms with van der Waals surface area (Å²) in [6, 6.07) is 21.0. The summed E-state index contributed by atoms with van der Waals surface area (Å²) in [4.78, 5) is 22.4. The van der Waals surface area contributed by atoms with E-state index in [-0.39, 0.29) is 11.8 Å². The number of carbonyl (C=O) groups is 1. The molecule has 4 aromatic rings. The van der Waals surface area contributed by atoms with Crippen molar-refractivity contribution in [2.24, 2.45) is 5.92 Å². The van der Waals surface area contributed by atoms with Crippen molar-refractivity contribution in [3.63, 3.8) is 0 Å². The molecule has 3 fully saturated rings. The Bertz CT molecular complexity index is 1520. The first-order chi connectivity index (χ1) is 20.0. The summed E-state index contributed by atoms with van der Waals surface area (Å²) in [5.74, 6) is 1.34. The number of hydrogen-bond donors (Lipinski definition) is 2. The summed E-state index contributed by atoms with van der Waals surface area (Å²) < 4.78 is 1.94. The summed E-state index contributed by atoms with van der Waals surface area (Å²) in [6.45, 7) is 4.68. The molecule has 8 heteroatoms. The molecule has 1 amide bonds. The highest BCUT2D eigenvalue weighted by molar-refractivity contribution is 5.95. The van der Waals surface area contributed by atoms with Crippen LogP contribution in [0.2, 0.25) is 0 Å². The van der Waals surface area contributed by atoms with E-state index < -0.39 is 0 Å². The van der Waals surface area contributed by atoms with Gasteiger partial charge in [0.1, 0.15) is 11.3 Å². The average Bonchev–Trinajstić information content (AvgIpc) is 3.72. The zero-order valence-electron chi connectivity index (χ0n) is 23.7. The number of nitrogens with two attached hydrogens (primary N) is 1. The second-order valence-electron chi connectivity index (χ2n) is 12.1. The predicted molar refractivity (Wildman–Crippen MR) is 163 cm³/mol. The fourth-order valence-corrected chi connectivity index (χ4v) is 6.98. The van der Waals surface area contributed by atoms with Gasteiger partial charge < -0.3 is 16.0 Å². The molecule has 2 saturated carbocycles. The number of anilines is 2. The third-order valence-corrected chi connectivity index (χ3v) is 9.52. The summed E-state index contributed by atoms with van der Waals surface area (Å²) in [5.41, 5.74) is 11.4. The molecule has 2 atom stereocenters. The zero-order valence-corrected chi connectivity index (χ0v) is 23.7. The Kier molecular flexibility index (Phi) is 6.96. The van der Waals surface area contributed by atoms with E-state index in [1.54, 1.807) is 6.20 Å². The lowest BCUT2D eigenvalue weighted by Crippen LogP contribution is -2.49. The molecule has 212 valence electrons. The van der Waals surface area contributed by atoms with Gasteiger partial charge in [0.25, 0.3) is 0 Å². The number of fused-ring (bicyclic) bond motifs is 1. The van der Waals surface area contributed by atoms with Crippen LogP contribution in [0.5, 0.6) is 0 Å². The van der Waals surface area contributed by atoms with Gasteiger partial charge in [0.05, 0.1) is 11.4 Å². The highest BCUT2D eigenvalue weighted by Gasteiger charge is 2.43. The smallest absolute Gasteiger partial charge is 0.228 e. The number of aromatic nitrogens is 3. The van der Waals surface area contributed by atoms with Crippen molar-refractivity contribution >= 4 is 28.3 Å². The van der Waals surface area contributed by atoms with Crippen molar-refractivity contribution in [1.82, 2.24) is 24.6 Å². The molecule has 2 aromatic heterocycles. The van der Waals surface area contributed by atoms with E-state index >= 15 is 0 Å². The number of carbonyl (C=O) groups excluding carboxylic acids is 1. The molecule has 1 aliphatic heterocycles. The monoisotopic (exact) mass is 549 g/mol. The molecule has 1 saturated heterocycles. The fraction of sp³-hybridized carbons (Fsp3) is 0.424. The Morgan fingerprint density at radius 2 is 1.66 bits per heavy atom. The van der Waals surface area contributed by atoms with Crippen LogP contribution in [0.15, 0.2) is 66.9 Å². The molecule has 3 N–H and O–H groups in total. The molecule has 8 nitrogen and oxygen atoms in total. The maximum absolute atomic E-state index is 12.9. The Hall–Kier alpha value is -3.75. The van der Waals surface area contributed by atoms with Crippen LogP contribution in [0, 0.1) is 5.92 Å². The Balaban J connectivity index is 1.06. The lowest BCUT2D eigenvalue weighted by atomic mass is 9.82. The van der Waals surface area contributed by atoms with Gasteiger partial charge in [-0.25, -0.2) is 9.67 Å². The van der Waals surface area contributed by atoms with E-state index in [0.29, 0.717) is 23.7 Å². The van der Waals surface area contributed by atoms with Gasteiger partial charge in [-0.2, -0.15) is 5.10 Å². The van der Waals surface area contributed by atoms with E-state index in [1.807, 2.05) is 47.1 Å². The number of piperazine rings is 1. The minimum absolute atomic E-state index is 0.0342. The van der Waals surface area contributed by atoms with E-state index in [2.05, 4.69) is 45.3 Å². The molecular weight excluding hydrogens is 510 g/mol. The minimum atomic E-state index is 0.0342. The number of nitrogens with zero attached hydrogens (tertiary/aromatic N) is 5. The fourth-order valence-electron chi connectivity index (χ4n) is 6.98. The first-order valence-corrected chi connectivity index (χ1v) is 15.1. The Morgan fingerprint density at radius 1 is 0.927 bits per heavy atom. The lowest BCUT2D eigenvalue weighted by Gasteiger charge is -2.41. The minimum Gasteiger partial charge on any atom is -0.382 e. The molecule has 2 aromatic carbocycles. The van der Waals surface area contributed by atoms with Gasteiger partial charge in [-0.05, 0) is 81.0 Å². The van der Waals surface area contributed by atoms with Crippen molar-refractivity contribution in [1.29, 1.82) is 0 Å². The molecule has 0 spiro atoms. The number of nitrogens with one attached hydrogen (secondary N) is 1. The SMILES string of the molecule is CN1CCN([C@H]2CC[C@H](c3nn(-c4ccc(NC(=O)[C@@H]5C[C@H]5c5ccccc5)cc4)c4c(N)nccc43)CC2)CC1. The Labute approximate surface area is 241 Å². The van der Waals surface area contributed by atoms with E-state index in [0.717, 1.165) is 47.2 Å². The molecule has 41 heavy (non-hydrogen) atoms. The van der Waals surface area contributed by atoms with Gasteiger partial charge in [-0.1, -0.05) is 30.3 Å². The van der Waals surface area contributed by atoms with Gasteiger partial charge in [0.15, 0.2) is 0 Å². The molecule has 0 radical (unpaired) electrons. The first kappa shape index (κ1) is 26.2. The van der Waals surface area contributed by atoms with Crippen LogP contribution in [0.25, 0.3) is 16.6 Å².